The molecule has 4 aromatic rings. The minimum Gasteiger partial charge on any atom is -0.267 e. The van der Waals surface area contributed by atoms with Crippen LogP contribution in [0.5, 0.6) is 0 Å². The number of carbonyl (C=O) groups is 2. The van der Waals surface area contributed by atoms with Gasteiger partial charge in [-0.2, -0.15) is 0 Å². The van der Waals surface area contributed by atoms with E-state index in [0.29, 0.717) is 5.69 Å². The van der Waals surface area contributed by atoms with Crippen LogP contribution >= 0.6 is 0 Å². The van der Waals surface area contributed by atoms with Gasteiger partial charge in [-0.3, -0.25) is 15.0 Å². The van der Waals surface area contributed by atoms with Crippen molar-refractivity contribution >= 4 is 45.1 Å². The molecule has 2 amide bonds. The SMILES string of the molecule is O=C1NN(c2ccccc2)C(=O)C1=Cc1c2ccccc2cc2ccccc12. The van der Waals surface area contributed by atoms with Crippen LogP contribution in [0.4, 0.5) is 5.69 Å². The van der Waals surface area contributed by atoms with Crippen molar-refractivity contribution in [1.29, 1.82) is 0 Å². The maximum Gasteiger partial charge on any atom is 0.282 e. The predicted octanol–water partition coefficient (Wildman–Crippen LogP) is 4.45. The predicted molar refractivity (Wildman–Crippen MR) is 112 cm³/mol. The molecule has 0 aliphatic carbocycles. The summed E-state index contributed by atoms with van der Waals surface area (Å²) < 4.78 is 0. The van der Waals surface area contributed by atoms with Gasteiger partial charge in [0.15, 0.2) is 0 Å². The lowest BCUT2D eigenvalue weighted by Gasteiger charge is -2.14. The number of hydrogen-bond donors (Lipinski definition) is 1. The second kappa shape index (κ2) is 6.35. The average Bonchev–Trinajstić information content (AvgIpc) is 3.02. The maximum absolute atomic E-state index is 13.0. The van der Waals surface area contributed by atoms with E-state index in [1.54, 1.807) is 18.2 Å². The topological polar surface area (TPSA) is 49.4 Å². The fourth-order valence-electron chi connectivity index (χ4n) is 3.67. The number of fused-ring (bicyclic) bond motifs is 2. The van der Waals surface area contributed by atoms with Crippen molar-refractivity contribution in [2.75, 3.05) is 5.01 Å². The molecule has 4 heteroatoms. The zero-order chi connectivity index (χ0) is 19.1. The zero-order valence-electron chi connectivity index (χ0n) is 14.9. The first kappa shape index (κ1) is 16.3. The lowest BCUT2D eigenvalue weighted by Crippen LogP contribution is -2.35. The largest absolute Gasteiger partial charge is 0.282 e. The van der Waals surface area contributed by atoms with E-state index in [0.717, 1.165) is 27.1 Å². The molecule has 1 heterocycles. The van der Waals surface area contributed by atoms with Crippen molar-refractivity contribution in [3.63, 3.8) is 0 Å². The van der Waals surface area contributed by atoms with Gasteiger partial charge in [0.05, 0.1) is 5.69 Å². The molecule has 28 heavy (non-hydrogen) atoms. The second-order valence-electron chi connectivity index (χ2n) is 6.71. The first-order chi connectivity index (χ1) is 13.7. The molecule has 0 unspecified atom stereocenters. The van der Waals surface area contributed by atoms with Crippen LogP contribution in [-0.2, 0) is 9.59 Å². The average molecular weight is 364 g/mol. The molecule has 0 atom stereocenters. The molecule has 1 aliphatic heterocycles. The van der Waals surface area contributed by atoms with Crippen LogP contribution in [0, 0.1) is 0 Å². The van der Waals surface area contributed by atoms with Crippen LogP contribution < -0.4 is 10.4 Å². The van der Waals surface area contributed by atoms with E-state index >= 15 is 0 Å². The number of hydrogen-bond acceptors (Lipinski definition) is 2. The van der Waals surface area contributed by atoms with E-state index in [4.69, 9.17) is 0 Å². The van der Waals surface area contributed by atoms with E-state index in [9.17, 15) is 9.59 Å². The van der Waals surface area contributed by atoms with Crippen LogP contribution in [0.15, 0.2) is 90.5 Å². The third-order valence-electron chi connectivity index (χ3n) is 5.01. The van der Waals surface area contributed by atoms with Gasteiger partial charge in [-0.1, -0.05) is 66.7 Å². The van der Waals surface area contributed by atoms with Gasteiger partial charge in [0.1, 0.15) is 5.57 Å². The first-order valence-electron chi connectivity index (χ1n) is 9.05. The summed E-state index contributed by atoms with van der Waals surface area (Å²) in [5.41, 5.74) is 4.30. The minimum atomic E-state index is -0.397. The van der Waals surface area contributed by atoms with Crippen molar-refractivity contribution in [1.82, 2.24) is 5.43 Å². The summed E-state index contributed by atoms with van der Waals surface area (Å²) >= 11 is 0. The van der Waals surface area contributed by atoms with E-state index in [2.05, 4.69) is 11.5 Å². The second-order valence-corrected chi connectivity index (χ2v) is 6.71. The van der Waals surface area contributed by atoms with Gasteiger partial charge >= 0.3 is 0 Å². The third kappa shape index (κ3) is 2.55. The summed E-state index contributed by atoms with van der Waals surface area (Å²) in [5, 5.41) is 5.44. The summed E-state index contributed by atoms with van der Waals surface area (Å²) in [6.45, 7) is 0. The summed E-state index contributed by atoms with van der Waals surface area (Å²) in [6.07, 6.45) is 1.71. The van der Waals surface area contributed by atoms with E-state index in [-0.39, 0.29) is 11.5 Å². The summed E-state index contributed by atoms with van der Waals surface area (Å²) in [4.78, 5) is 25.6. The lowest BCUT2D eigenvalue weighted by atomic mass is 9.95. The van der Waals surface area contributed by atoms with Gasteiger partial charge in [-0.25, -0.2) is 5.01 Å². The van der Waals surface area contributed by atoms with E-state index in [1.807, 2.05) is 66.7 Å². The summed E-state index contributed by atoms with van der Waals surface area (Å²) in [7, 11) is 0. The fourth-order valence-corrected chi connectivity index (χ4v) is 3.67. The summed E-state index contributed by atoms with van der Waals surface area (Å²) in [5.74, 6) is -0.751. The third-order valence-corrected chi connectivity index (χ3v) is 5.01. The van der Waals surface area contributed by atoms with Crippen molar-refractivity contribution in [3.8, 4) is 0 Å². The Kier molecular flexibility index (Phi) is 3.69. The van der Waals surface area contributed by atoms with Gasteiger partial charge in [-0.05, 0) is 51.4 Å². The highest BCUT2D eigenvalue weighted by molar-refractivity contribution is 6.32. The Labute approximate surface area is 161 Å². The Balaban J connectivity index is 1.71. The van der Waals surface area contributed by atoms with Crippen LogP contribution in [0.25, 0.3) is 27.6 Å². The number of amides is 2. The molecule has 5 rings (SSSR count). The molecule has 4 nitrogen and oxygen atoms in total. The molecule has 1 fully saturated rings. The van der Waals surface area contributed by atoms with Gasteiger partial charge in [0.2, 0.25) is 0 Å². The van der Waals surface area contributed by atoms with Crippen LogP contribution in [0.1, 0.15) is 5.56 Å². The number of para-hydroxylation sites is 1. The van der Waals surface area contributed by atoms with Crippen LogP contribution in [-0.4, -0.2) is 11.8 Å². The van der Waals surface area contributed by atoms with E-state index in [1.165, 1.54) is 5.01 Å². The molecular formula is C24H16N2O2. The van der Waals surface area contributed by atoms with Gasteiger partial charge < -0.3 is 0 Å². The number of benzene rings is 4. The molecule has 0 spiro atoms. The minimum absolute atomic E-state index is 0.130. The Hall–Kier alpha value is -3.92. The first-order valence-corrected chi connectivity index (χ1v) is 9.05. The smallest absolute Gasteiger partial charge is 0.267 e. The normalized spacial score (nSPS) is 15.6. The summed E-state index contributed by atoms with van der Waals surface area (Å²) in [6, 6.07) is 27.2. The van der Waals surface area contributed by atoms with Crippen molar-refractivity contribution in [3.05, 3.63) is 96.1 Å². The van der Waals surface area contributed by atoms with Crippen molar-refractivity contribution in [2.45, 2.75) is 0 Å². The van der Waals surface area contributed by atoms with Gasteiger partial charge in [0.25, 0.3) is 11.8 Å². The molecule has 1 aliphatic rings. The highest BCUT2D eigenvalue weighted by Crippen LogP contribution is 2.31. The Morgan fingerprint density at radius 1 is 0.714 bits per heavy atom. The van der Waals surface area contributed by atoms with Gasteiger partial charge in [0, 0.05) is 0 Å². The van der Waals surface area contributed by atoms with Crippen LogP contribution in [0.3, 0.4) is 0 Å². The monoisotopic (exact) mass is 364 g/mol. The Bertz CT molecular complexity index is 1220. The van der Waals surface area contributed by atoms with E-state index < -0.39 is 5.91 Å². The number of nitrogens with zero attached hydrogens (tertiary/aromatic N) is 1. The Morgan fingerprint density at radius 2 is 1.29 bits per heavy atom. The van der Waals surface area contributed by atoms with Crippen molar-refractivity contribution in [2.24, 2.45) is 0 Å². The lowest BCUT2D eigenvalue weighted by molar-refractivity contribution is -0.117. The molecule has 0 saturated carbocycles. The highest BCUT2D eigenvalue weighted by atomic mass is 16.2. The molecule has 1 saturated heterocycles. The molecule has 0 aromatic heterocycles. The fraction of sp³-hybridized carbons (Fsp3) is 0. The quantitative estimate of drug-likeness (QED) is 0.324. The molecule has 4 aromatic carbocycles. The number of rotatable bonds is 2. The number of hydrazine groups is 1. The highest BCUT2D eigenvalue weighted by Gasteiger charge is 2.34. The molecule has 134 valence electrons. The number of carbonyl (C=O) groups excluding carboxylic acids is 2. The zero-order valence-corrected chi connectivity index (χ0v) is 14.9. The van der Waals surface area contributed by atoms with Crippen molar-refractivity contribution < 1.29 is 9.59 Å². The van der Waals surface area contributed by atoms with Crippen LogP contribution in [0.2, 0.25) is 0 Å². The number of nitrogens with one attached hydrogen (secondary N) is 1. The molecule has 0 radical (unpaired) electrons. The number of anilines is 1. The molecule has 0 bridgehead atoms. The Morgan fingerprint density at radius 3 is 1.93 bits per heavy atom. The maximum atomic E-state index is 13.0. The molecule has 1 N–H and O–H groups in total. The molecular weight excluding hydrogens is 348 g/mol. The standard InChI is InChI=1S/C24H16N2O2/c27-23-22(24(28)26(25-23)18-10-2-1-3-11-18)15-21-19-12-6-4-8-16(19)14-17-9-5-7-13-20(17)21/h1-15H,(H,25,27). The van der Waals surface area contributed by atoms with Gasteiger partial charge in [-0.15, -0.1) is 0 Å².